The largest absolute Gasteiger partial charge is 0.469 e. The summed E-state index contributed by atoms with van der Waals surface area (Å²) in [7, 11) is 1.16. The van der Waals surface area contributed by atoms with Crippen LogP contribution in [0, 0.1) is 0 Å². The highest BCUT2D eigenvalue weighted by Crippen LogP contribution is 2.44. The van der Waals surface area contributed by atoms with Crippen molar-refractivity contribution in [1.82, 2.24) is 10.6 Å². The summed E-state index contributed by atoms with van der Waals surface area (Å²) in [5.74, 6) is -1.61. The summed E-state index contributed by atoms with van der Waals surface area (Å²) in [6.45, 7) is 6.12. The van der Waals surface area contributed by atoms with E-state index in [-0.39, 0.29) is 5.69 Å². The predicted molar refractivity (Wildman–Crippen MR) is 119 cm³/mol. The van der Waals surface area contributed by atoms with Crippen LogP contribution >= 0.6 is 11.6 Å². The van der Waals surface area contributed by atoms with Crippen LogP contribution in [0.3, 0.4) is 0 Å². The third-order valence-electron chi connectivity index (χ3n) is 5.31. The highest BCUT2D eigenvalue weighted by atomic mass is 35.5. The number of nitrogens with one attached hydrogen (secondary N) is 2. The van der Waals surface area contributed by atoms with Gasteiger partial charge in [0.1, 0.15) is 11.6 Å². The number of hydrogen-bond donors (Lipinski definition) is 2. The molecule has 1 aromatic rings. The van der Waals surface area contributed by atoms with E-state index in [0.29, 0.717) is 23.6 Å². The van der Waals surface area contributed by atoms with Crippen LogP contribution < -0.4 is 15.5 Å². The molecule has 0 unspecified atom stereocenters. The number of amides is 3. The lowest BCUT2D eigenvalue weighted by Crippen LogP contribution is -2.58. The Morgan fingerprint density at radius 1 is 1.33 bits per heavy atom. The Morgan fingerprint density at radius 2 is 2.06 bits per heavy atom. The first-order valence-corrected chi connectivity index (χ1v) is 11.0. The van der Waals surface area contributed by atoms with Gasteiger partial charge in [-0.15, -0.1) is 0 Å². The van der Waals surface area contributed by atoms with Gasteiger partial charge in [0.05, 0.1) is 19.2 Å². The molecular weight excluding hydrogens is 454 g/mol. The first kappa shape index (κ1) is 24.8. The SMILES string of the molecule is COC(=O)C[C@H](NC(=O)OC(C)(C)C)C(=O)N1C(=O)O[C@]2(CCCNC2)c2cc(Cl)ccc21. The van der Waals surface area contributed by atoms with Crippen molar-refractivity contribution in [3.63, 3.8) is 0 Å². The van der Waals surface area contributed by atoms with E-state index < -0.39 is 47.7 Å². The standard InChI is InChI=1S/C22H28ClN3O7/c1-21(2,3)32-19(29)25-15(11-17(27)31-4)18(28)26-16-7-6-13(23)10-14(16)22(33-20(26)30)8-5-9-24-12-22/h6-7,10,15,24H,5,8-9,11-12H2,1-4H3,(H,25,29)/t15-,22-/m0/s1. The van der Waals surface area contributed by atoms with Crippen molar-refractivity contribution in [1.29, 1.82) is 0 Å². The number of alkyl carbamates (subject to hydrolysis) is 1. The Kier molecular flexibility index (Phi) is 7.18. The second-order valence-electron chi connectivity index (χ2n) is 8.96. The lowest BCUT2D eigenvalue weighted by Gasteiger charge is -2.44. The zero-order valence-electron chi connectivity index (χ0n) is 19.0. The number of nitrogens with zero attached hydrogens (tertiary/aromatic N) is 1. The van der Waals surface area contributed by atoms with Gasteiger partial charge in [-0.05, 0) is 58.4 Å². The van der Waals surface area contributed by atoms with E-state index in [4.69, 9.17) is 21.1 Å². The number of carbonyl (C=O) groups is 4. The van der Waals surface area contributed by atoms with E-state index in [9.17, 15) is 19.2 Å². The molecule has 0 aromatic heterocycles. The Morgan fingerprint density at radius 3 is 2.67 bits per heavy atom. The van der Waals surface area contributed by atoms with E-state index in [1.54, 1.807) is 39.0 Å². The van der Waals surface area contributed by atoms with Gasteiger partial charge in [-0.25, -0.2) is 14.5 Å². The molecule has 3 amide bonds. The maximum atomic E-state index is 13.5. The topological polar surface area (TPSA) is 123 Å². The number of anilines is 1. The van der Waals surface area contributed by atoms with Crippen LogP contribution in [-0.4, -0.2) is 55.9 Å². The number of methoxy groups -OCH3 is 1. The number of imide groups is 1. The summed E-state index contributed by atoms with van der Waals surface area (Å²) in [6, 6.07) is 3.34. The maximum absolute atomic E-state index is 13.5. The smallest absolute Gasteiger partial charge is 0.422 e. The number of carbonyl (C=O) groups excluding carboxylic acids is 4. The molecule has 3 rings (SSSR count). The van der Waals surface area contributed by atoms with Gasteiger partial charge >= 0.3 is 18.2 Å². The molecular formula is C22H28ClN3O7. The van der Waals surface area contributed by atoms with Crippen molar-refractivity contribution in [2.24, 2.45) is 0 Å². The van der Waals surface area contributed by atoms with E-state index in [1.165, 1.54) is 0 Å². The number of fused-ring (bicyclic) bond motifs is 2. The Labute approximate surface area is 196 Å². The number of hydrogen-bond acceptors (Lipinski definition) is 8. The Balaban J connectivity index is 1.97. The molecule has 2 heterocycles. The molecule has 1 aromatic carbocycles. The summed E-state index contributed by atoms with van der Waals surface area (Å²) >= 11 is 6.22. The molecule has 2 aliphatic heterocycles. The second kappa shape index (κ2) is 9.56. The number of ether oxygens (including phenoxy) is 3. The predicted octanol–water partition coefficient (Wildman–Crippen LogP) is 2.86. The number of piperidine rings is 1. The van der Waals surface area contributed by atoms with E-state index in [1.807, 2.05) is 0 Å². The van der Waals surface area contributed by atoms with Gasteiger partial charge in [0, 0.05) is 17.1 Å². The highest BCUT2D eigenvalue weighted by molar-refractivity contribution is 6.31. The van der Waals surface area contributed by atoms with Crippen LogP contribution in [0.15, 0.2) is 18.2 Å². The molecule has 180 valence electrons. The van der Waals surface area contributed by atoms with Gasteiger partial charge in [0.2, 0.25) is 0 Å². The summed E-state index contributed by atoms with van der Waals surface area (Å²) in [6.07, 6.45) is -1.01. The zero-order chi connectivity index (χ0) is 24.4. The molecule has 0 saturated carbocycles. The van der Waals surface area contributed by atoms with Crippen LogP contribution in [0.5, 0.6) is 0 Å². The number of esters is 1. The Bertz CT molecular complexity index is 954. The van der Waals surface area contributed by atoms with Gasteiger partial charge < -0.3 is 24.8 Å². The van der Waals surface area contributed by atoms with Crippen LogP contribution in [-0.2, 0) is 29.4 Å². The van der Waals surface area contributed by atoms with Crippen LogP contribution in [0.4, 0.5) is 15.3 Å². The van der Waals surface area contributed by atoms with Gasteiger partial charge in [0.15, 0.2) is 5.60 Å². The first-order chi connectivity index (χ1) is 15.5. The van der Waals surface area contributed by atoms with Crippen molar-refractivity contribution >= 4 is 41.4 Å². The minimum Gasteiger partial charge on any atom is -0.469 e. The summed E-state index contributed by atoms with van der Waals surface area (Å²) in [5.41, 5.74) is -0.950. The van der Waals surface area contributed by atoms with Crippen LogP contribution in [0.2, 0.25) is 5.02 Å². The maximum Gasteiger partial charge on any atom is 0.422 e. The Hall–Kier alpha value is -2.85. The second-order valence-corrected chi connectivity index (χ2v) is 9.39. The quantitative estimate of drug-likeness (QED) is 0.497. The van der Waals surface area contributed by atoms with E-state index in [0.717, 1.165) is 25.0 Å². The van der Waals surface area contributed by atoms with Gasteiger partial charge in [-0.2, -0.15) is 0 Å². The molecule has 2 aliphatic rings. The van der Waals surface area contributed by atoms with Crippen LogP contribution in [0.1, 0.15) is 45.6 Å². The monoisotopic (exact) mass is 481 g/mol. The fraction of sp³-hybridized carbons (Fsp3) is 0.545. The third kappa shape index (κ3) is 5.56. The molecule has 0 radical (unpaired) electrons. The van der Waals surface area contributed by atoms with Gasteiger partial charge in [-0.3, -0.25) is 9.59 Å². The summed E-state index contributed by atoms with van der Waals surface area (Å²) in [4.78, 5) is 51.7. The molecule has 1 spiro atoms. The molecule has 0 bridgehead atoms. The lowest BCUT2D eigenvalue weighted by atomic mass is 9.84. The molecule has 33 heavy (non-hydrogen) atoms. The normalized spacial score (nSPS) is 21.0. The van der Waals surface area contributed by atoms with E-state index >= 15 is 0 Å². The minimum atomic E-state index is -1.43. The summed E-state index contributed by atoms with van der Waals surface area (Å²) in [5, 5.41) is 6.00. The fourth-order valence-electron chi connectivity index (χ4n) is 3.89. The molecule has 2 N–H and O–H groups in total. The molecule has 1 saturated heterocycles. The minimum absolute atomic E-state index is 0.283. The zero-order valence-corrected chi connectivity index (χ0v) is 19.8. The average molecular weight is 482 g/mol. The van der Waals surface area contributed by atoms with Crippen LogP contribution in [0.25, 0.3) is 0 Å². The number of rotatable bonds is 4. The molecule has 1 fully saturated rings. The average Bonchev–Trinajstić information content (AvgIpc) is 2.72. The molecule has 2 atom stereocenters. The van der Waals surface area contributed by atoms with Crippen molar-refractivity contribution in [2.45, 2.75) is 57.3 Å². The van der Waals surface area contributed by atoms with E-state index in [2.05, 4.69) is 15.4 Å². The van der Waals surface area contributed by atoms with Crippen molar-refractivity contribution in [2.75, 3.05) is 25.1 Å². The summed E-state index contributed by atoms with van der Waals surface area (Å²) < 4.78 is 15.6. The molecule has 10 nitrogen and oxygen atoms in total. The van der Waals surface area contributed by atoms with Crippen molar-refractivity contribution < 1.29 is 33.4 Å². The first-order valence-electron chi connectivity index (χ1n) is 10.6. The van der Waals surface area contributed by atoms with Gasteiger partial charge in [0.25, 0.3) is 5.91 Å². The number of halogens is 1. The molecule has 0 aliphatic carbocycles. The third-order valence-corrected chi connectivity index (χ3v) is 5.54. The number of benzene rings is 1. The highest BCUT2D eigenvalue weighted by Gasteiger charge is 2.49. The fourth-order valence-corrected chi connectivity index (χ4v) is 4.07. The van der Waals surface area contributed by atoms with Crippen molar-refractivity contribution in [3.05, 3.63) is 28.8 Å². The lowest BCUT2D eigenvalue weighted by molar-refractivity contribution is -0.142. The van der Waals surface area contributed by atoms with Gasteiger partial charge in [-0.1, -0.05) is 11.6 Å². The van der Waals surface area contributed by atoms with Crippen molar-refractivity contribution in [3.8, 4) is 0 Å². The molecule has 11 heteroatoms.